The zero-order valence-corrected chi connectivity index (χ0v) is 20.1. The van der Waals surface area contributed by atoms with Gasteiger partial charge in [-0.1, -0.05) is 26.2 Å². The molecule has 1 atom stereocenters. The van der Waals surface area contributed by atoms with E-state index in [9.17, 15) is 0 Å². The summed E-state index contributed by atoms with van der Waals surface area (Å²) in [6.45, 7) is 8.11. The van der Waals surface area contributed by atoms with Gasteiger partial charge in [-0.25, -0.2) is 4.99 Å². The second-order valence-electron chi connectivity index (χ2n) is 8.03. The fraction of sp³-hybridized carbons (Fsp3) is 0.850. The van der Waals surface area contributed by atoms with Crippen molar-refractivity contribution in [2.24, 2.45) is 12.0 Å². The molecule has 2 N–H and O–H groups in total. The Morgan fingerprint density at radius 3 is 2.57 bits per heavy atom. The highest BCUT2D eigenvalue weighted by Gasteiger charge is 2.21. The number of nitrogens with zero attached hydrogens (tertiary/aromatic N) is 5. The van der Waals surface area contributed by atoms with Gasteiger partial charge in [-0.05, 0) is 45.6 Å². The van der Waals surface area contributed by atoms with Gasteiger partial charge < -0.3 is 15.2 Å². The average molecular weight is 503 g/mol. The minimum atomic E-state index is 0. The SMILES string of the molecule is CCC1CCCCN1CCNC(=NCc1nnc(C)n1C)NC1CCCC1.I. The highest BCUT2D eigenvalue weighted by Crippen LogP contribution is 2.19. The van der Waals surface area contributed by atoms with Crippen LogP contribution in [0.4, 0.5) is 0 Å². The van der Waals surface area contributed by atoms with Gasteiger partial charge in [0, 0.05) is 32.2 Å². The minimum Gasteiger partial charge on any atom is -0.355 e. The van der Waals surface area contributed by atoms with Crippen molar-refractivity contribution in [3.8, 4) is 0 Å². The maximum atomic E-state index is 4.81. The number of hydrogen-bond donors (Lipinski definition) is 2. The lowest BCUT2D eigenvalue weighted by atomic mass is 10.0. The van der Waals surface area contributed by atoms with Crippen LogP contribution in [-0.4, -0.2) is 57.3 Å². The lowest BCUT2D eigenvalue weighted by Gasteiger charge is -2.35. The van der Waals surface area contributed by atoms with Crippen LogP contribution in [0.1, 0.15) is 69.9 Å². The Bertz CT molecular complexity index is 610. The molecule has 7 nitrogen and oxygen atoms in total. The predicted octanol–water partition coefficient (Wildman–Crippen LogP) is 2.98. The van der Waals surface area contributed by atoms with Crippen LogP contribution < -0.4 is 10.6 Å². The Balaban J connectivity index is 0.00000280. The molecule has 2 aliphatic rings. The summed E-state index contributed by atoms with van der Waals surface area (Å²) in [5.74, 6) is 2.75. The number of hydrogen-bond acceptors (Lipinski definition) is 4. The molecule has 1 unspecified atom stereocenters. The van der Waals surface area contributed by atoms with Gasteiger partial charge in [0.15, 0.2) is 11.8 Å². The number of guanidine groups is 1. The molecule has 1 saturated carbocycles. The molecule has 1 saturated heterocycles. The first-order chi connectivity index (χ1) is 13.2. The van der Waals surface area contributed by atoms with Crippen molar-refractivity contribution in [1.82, 2.24) is 30.3 Å². The monoisotopic (exact) mass is 503 g/mol. The first-order valence-corrected chi connectivity index (χ1v) is 10.8. The molecule has 3 rings (SSSR count). The third-order valence-corrected chi connectivity index (χ3v) is 6.17. The average Bonchev–Trinajstić information content (AvgIpc) is 3.31. The van der Waals surface area contributed by atoms with Gasteiger partial charge in [0.1, 0.15) is 12.4 Å². The van der Waals surface area contributed by atoms with Crippen molar-refractivity contribution in [1.29, 1.82) is 0 Å². The molecular formula is C20H38IN7. The number of halogens is 1. The molecule has 1 aliphatic heterocycles. The maximum Gasteiger partial charge on any atom is 0.191 e. The fourth-order valence-electron chi connectivity index (χ4n) is 4.29. The summed E-state index contributed by atoms with van der Waals surface area (Å²) in [5.41, 5.74) is 0. The number of aliphatic imine (C=N–C) groups is 1. The standard InChI is InChI=1S/C20H37N7.HI/c1-4-18-11-7-8-13-27(18)14-12-21-20(23-17-9-5-6-10-17)22-15-19-25-24-16(2)26(19)3;/h17-18H,4-15H2,1-3H3,(H2,21,22,23);1H. The van der Waals surface area contributed by atoms with Crippen LogP contribution in [0.3, 0.4) is 0 Å². The third kappa shape index (κ3) is 6.57. The van der Waals surface area contributed by atoms with Gasteiger partial charge in [0.05, 0.1) is 0 Å². The van der Waals surface area contributed by atoms with E-state index in [0.717, 1.165) is 36.7 Å². The highest BCUT2D eigenvalue weighted by molar-refractivity contribution is 14.0. The summed E-state index contributed by atoms with van der Waals surface area (Å²) in [7, 11) is 2.00. The maximum absolute atomic E-state index is 4.81. The Hall–Kier alpha value is -0.900. The van der Waals surface area contributed by atoms with Crippen molar-refractivity contribution in [3.05, 3.63) is 11.6 Å². The molecule has 8 heteroatoms. The Morgan fingerprint density at radius 2 is 1.89 bits per heavy atom. The van der Waals surface area contributed by atoms with Gasteiger partial charge in [-0.3, -0.25) is 4.90 Å². The summed E-state index contributed by atoms with van der Waals surface area (Å²) in [6.07, 6.45) is 10.5. The second kappa shape index (κ2) is 11.9. The molecule has 2 heterocycles. The van der Waals surface area contributed by atoms with E-state index in [4.69, 9.17) is 4.99 Å². The van der Waals surface area contributed by atoms with E-state index in [-0.39, 0.29) is 24.0 Å². The highest BCUT2D eigenvalue weighted by atomic mass is 127. The summed E-state index contributed by atoms with van der Waals surface area (Å²) < 4.78 is 2.01. The van der Waals surface area contributed by atoms with E-state index in [2.05, 4.69) is 32.7 Å². The van der Waals surface area contributed by atoms with Crippen LogP contribution in [0.2, 0.25) is 0 Å². The van der Waals surface area contributed by atoms with Crippen LogP contribution >= 0.6 is 24.0 Å². The van der Waals surface area contributed by atoms with Crippen LogP contribution in [0.25, 0.3) is 0 Å². The van der Waals surface area contributed by atoms with Gasteiger partial charge in [0.25, 0.3) is 0 Å². The van der Waals surface area contributed by atoms with Crippen molar-refractivity contribution in [2.45, 2.75) is 83.8 Å². The molecule has 2 fully saturated rings. The van der Waals surface area contributed by atoms with E-state index >= 15 is 0 Å². The summed E-state index contributed by atoms with van der Waals surface area (Å²) >= 11 is 0. The van der Waals surface area contributed by atoms with Crippen LogP contribution in [0.15, 0.2) is 4.99 Å². The zero-order valence-electron chi connectivity index (χ0n) is 17.8. The number of piperidine rings is 1. The van der Waals surface area contributed by atoms with Gasteiger partial charge in [-0.2, -0.15) is 0 Å². The smallest absolute Gasteiger partial charge is 0.191 e. The Labute approximate surface area is 187 Å². The van der Waals surface area contributed by atoms with E-state index < -0.39 is 0 Å². The quantitative estimate of drug-likeness (QED) is 0.340. The number of aryl methyl sites for hydroxylation is 1. The van der Waals surface area contributed by atoms with Crippen LogP contribution in [-0.2, 0) is 13.6 Å². The third-order valence-electron chi connectivity index (χ3n) is 6.17. The molecule has 28 heavy (non-hydrogen) atoms. The lowest BCUT2D eigenvalue weighted by molar-refractivity contribution is 0.147. The molecular weight excluding hydrogens is 465 g/mol. The Morgan fingerprint density at radius 1 is 1.14 bits per heavy atom. The molecule has 1 aromatic rings. The number of likely N-dealkylation sites (tertiary alicyclic amines) is 1. The largest absolute Gasteiger partial charge is 0.355 e. The molecule has 0 amide bonds. The van der Waals surface area contributed by atoms with E-state index in [0.29, 0.717) is 12.6 Å². The normalized spacial score (nSPS) is 21.5. The fourth-order valence-corrected chi connectivity index (χ4v) is 4.29. The van der Waals surface area contributed by atoms with E-state index in [1.807, 2.05) is 18.5 Å². The van der Waals surface area contributed by atoms with Crippen molar-refractivity contribution in [2.75, 3.05) is 19.6 Å². The number of rotatable bonds is 7. The topological polar surface area (TPSA) is 70.4 Å². The second-order valence-corrected chi connectivity index (χ2v) is 8.03. The van der Waals surface area contributed by atoms with Crippen molar-refractivity contribution >= 4 is 29.9 Å². The Kier molecular flexibility index (Phi) is 9.98. The molecule has 0 aromatic carbocycles. The predicted molar refractivity (Wildman–Crippen MR) is 125 cm³/mol. The van der Waals surface area contributed by atoms with E-state index in [1.54, 1.807) is 0 Å². The summed E-state index contributed by atoms with van der Waals surface area (Å²) in [5, 5.41) is 15.6. The van der Waals surface area contributed by atoms with Crippen molar-refractivity contribution in [3.63, 3.8) is 0 Å². The molecule has 0 spiro atoms. The van der Waals surface area contributed by atoms with Gasteiger partial charge in [0.2, 0.25) is 0 Å². The van der Waals surface area contributed by atoms with Crippen molar-refractivity contribution < 1.29 is 0 Å². The zero-order chi connectivity index (χ0) is 19.1. The van der Waals surface area contributed by atoms with Gasteiger partial charge >= 0.3 is 0 Å². The first kappa shape index (κ1) is 23.4. The minimum absolute atomic E-state index is 0. The molecule has 160 valence electrons. The van der Waals surface area contributed by atoms with Gasteiger partial charge in [-0.15, -0.1) is 34.2 Å². The first-order valence-electron chi connectivity index (χ1n) is 10.8. The summed E-state index contributed by atoms with van der Waals surface area (Å²) in [6, 6.07) is 1.31. The molecule has 0 radical (unpaired) electrons. The van der Waals surface area contributed by atoms with Crippen LogP contribution in [0, 0.1) is 6.92 Å². The number of nitrogens with one attached hydrogen (secondary N) is 2. The molecule has 1 aromatic heterocycles. The van der Waals surface area contributed by atoms with Crippen LogP contribution in [0.5, 0.6) is 0 Å². The number of aromatic nitrogens is 3. The molecule has 0 bridgehead atoms. The molecule has 1 aliphatic carbocycles. The van der Waals surface area contributed by atoms with E-state index in [1.165, 1.54) is 57.9 Å². The lowest BCUT2D eigenvalue weighted by Crippen LogP contribution is -2.47. The summed E-state index contributed by atoms with van der Waals surface area (Å²) in [4.78, 5) is 7.45.